The second-order valence-corrected chi connectivity index (χ2v) is 7.30. The van der Waals surface area contributed by atoms with Crippen molar-refractivity contribution in [2.24, 2.45) is 11.7 Å². The number of nitrogens with one attached hydrogen (secondary N) is 2. The lowest BCUT2D eigenvalue weighted by atomic mass is 10.0. The molecule has 10 heteroatoms. The summed E-state index contributed by atoms with van der Waals surface area (Å²) in [6, 6.07) is 7.43. The molecule has 170 valence electrons. The summed E-state index contributed by atoms with van der Waals surface area (Å²) < 4.78 is 32.8. The first-order chi connectivity index (χ1) is 15.0. The van der Waals surface area contributed by atoms with E-state index in [2.05, 4.69) is 10.6 Å². The fraction of sp³-hybridized carbons (Fsp3) is 0.273. The molecule has 0 bridgehead atoms. The Morgan fingerprint density at radius 1 is 0.938 bits per heavy atom. The molecule has 0 aliphatic carbocycles. The van der Waals surface area contributed by atoms with Crippen LogP contribution in [0, 0.1) is 17.6 Å². The number of carbonyl (C=O) groups is 4. The molecule has 0 aliphatic heterocycles. The van der Waals surface area contributed by atoms with E-state index in [4.69, 9.17) is 10.5 Å². The SMILES string of the molecule is CC(C)[C@H](NC(=O)c1c(F)cccc1F)C(=O)O[C@@H](C)C(=O)Nc1ccc(C(N)=O)cc1. The van der Waals surface area contributed by atoms with Crippen LogP contribution < -0.4 is 16.4 Å². The lowest BCUT2D eigenvalue weighted by molar-refractivity contribution is -0.156. The first-order valence-electron chi connectivity index (χ1n) is 9.67. The maximum absolute atomic E-state index is 13.9. The first kappa shape index (κ1) is 24.4. The molecule has 8 nitrogen and oxygen atoms in total. The monoisotopic (exact) mass is 447 g/mol. The van der Waals surface area contributed by atoms with Gasteiger partial charge in [0.2, 0.25) is 5.91 Å². The predicted octanol–water partition coefficient (Wildman–Crippen LogP) is 2.39. The van der Waals surface area contributed by atoms with Crippen molar-refractivity contribution in [1.29, 1.82) is 0 Å². The van der Waals surface area contributed by atoms with Crippen molar-refractivity contribution in [2.75, 3.05) is 5.32 Å². The van der Waals surface area contributed by atoms with Gasteiger partial charge in [-0.05, 0) is 49.2 Å². The van der Waals surface area contributed by atoms with E-state index < -0.39 is 59.0 Å². The quantitative estimate of drug-likeness (QED) is 0.536. The molecule has 0 heterocycles. The van der Waals surface area contributed by atoms with E-state index in [1.54, 1.807) is 13.8 Å². The van der Waals surface area contributed by atoms with Gasteiger partial charge in [-0.15, -0.1) is 0 Å². The summed E-state index contributed by atoms with van der Waals surface area (Å²) in [6.07, 6.45) is -1.25. The Morgan fingerprint density at radius 3 is 2.00 bits per heavy atom. The Kier molecular flexibility index (Phi) is 8.00. The molecule has 0 fully saturated rings. The molecule has 0 saturated heterocycles. The number of carbonyl (C=O) groups excluding carboxylic acids is 4. The minimum atomic E-state index is -1.26. The van der Waals surface area contributed by atoms with Crippen LogP contribution in [0.4, 0.5) is 14.5 Å². The zero-order chi connectivity index (χ0) is 24.0. The fourth-order valence-corrected chi connectivity index (χ4v) is 2.69. The zero-order valence-corrected chi connectivity index (χ0v) is 17.6. The molecular weight excluding hydrogens is 424 g/mol. The second-order valence-electron chi connectivity index (χ2n) is 7.30. The highest BCUT2D eigenvalue weighted by Crippen LogP contribution is 2.15. The van der Waals surface area contributed by atoms with Crippen LogP contribution in [0.3, 0.4) is 0 Å². The molecule has 0 aliphatic rings. The summed E-state index contributed by atoms with van der Waals surface area (Å²) in [5.41, 5.74) is 4.92. The first-order valence-corrected chi connectivity index (χ1v) is 9.67. The number of hydrogen-bond donors (Lipinski definition) is 3. The van der Waals surface area contributed by atoms with E-state index in [9.17, 15) is 28.0 Å². The van der Waals surface area contributed by atoms with Crippen LogP contribution in [-0.2, 0) is 14.3 Å². The largest absolute Gasteiger partial charge is 0.451 e. The van der Waals surface area contributed by atoms with Gasteiger partial charge in [-0.3, -0.25) is 14.4 Å². The maximum Gasteiger partial charge on any atom is 0.329 e. The van der Waals surface area contributed by atoms with Gasteiger partial charge in [-0.2, -0.15) is 0 Å². The van der Waals surface area contributed by atoms with Crippen molar-refractivity contribution >= 4 is 29.4 Å². The van der Waals surface area contributed by atoms with Crippen molar-refractivity contribution in [2.45, 2.75) is 32.9 Å². The molecule has 0 aromatic heterocycles. The van der Waals surface area contributed by atoms with Gasteiger partial charge >= 0.3 is 5.97 Å². The third-order valence-corrected chi connectivity index (χ3v) is 4.50. The number of anilines is 1. The van der Waals surface area contributed by atoms with Crippen LogP contribution in [-0.4, -0.2) is 35.8 Å². The number of rotatable bonds is 8. The molecule has 2 atom stereocenters. The van der Waals surface area contributed by atoms with Gasteiger partial charge in [0.1, 0.15) is 23.2 Å². The molecule has 4 N–H and O–H groups in total. The predicted molar refractivity (Wildman–Crippen MR) is 112 cm³/mol. The molecule has 2 aromatic carbocycles. The van der Waals surface area contributed by atoms with Crippen LogP contribution in [0.25, 0.3) is 0 Å². The highest BCUT2D eigenvalue weighted by atomic mass is 19.1. The summed E-state index contributed by atoms with van der Waals surface area (Å²) in [7, 11) is 0. The lowest BCUT2D eigenvalue weighted by Crippen LogP contribution is -2.47. The third-order valence-electron chi connectivity index (χ3n) is 4.50. The lowest BCUT2D eigenvalue weighted by Gasteiger charge is -2.23. The second kappa shape index (κ2) is 10.5. The topological polar surface area (TPSA) is 128 Å². The smallest absolute Gasteiger partial charge is 0.329 e. The summed E-state index contributed by atoms with van der Waals surface area (Å²) in [5.74, 6) is -6.01. The Labute approximate surface area is 183 Å². The Bertz CT molecular complexity index is 1000. The van der Waals surface area contributed by atoms with Crippen molar-refractivity contribution in [3.63, 3.8) is 0 Å². The normalized spacial score (nSPS) is 12.6. The van der Waals surface area contributed by atoms with Gasteiger partial charge in [0, 0.05) is 11.3 Å². The molecular formula is C22H23F2N3O5. The van der Waals surface area contributed by atoms with Gasteiger partial charge in [0.15, 0.2) is 6.10 Å². The summed E-state index contributed by atoms with van der Waals surface area (Å²) >= 11 is 0. The number of ether oxygens (including phenoxy) is 1. The minimum absolute atomic E-state index is 0.254. The van der Waals surface area contributed by atoms with Crippen molar-refractivity contribution in [1.82, 2.24) is 5.32 Å². The highest BCUT2D eigenvalue weighted by molar-refractivity contribution is 5.99. The number of primary amides is 1. The number of halogens is 2. The van der Waals surface area contributed by atoms with Crippen LogP contribution in [0.15, 0.2) is 42.5 Å². The van der Waals surface area contributed by atoms with Crippen molar-refractivity contribution in [3.05, 3.63) is 65.2 Å². The molecule has 2 aromatic rings. The van der Waals surface area contributed by atoms with E-state index in [1.165, 1.54) is 31.2 Å². The average Bonchev–Trinajstić information content (AvgIpc) is 2.71. The van der Waals surface area contributed by atoms with E-state index in [1.807, 2.05) is 0 Å². The fourth-order valence-electron chi connectivity index (χ4n) is 2.69. The van der Waals surface area contributed by atoms with E-state index in [0.717, 1.165) is 18.2 Å². The molecule has 0 saturated carbocycles. The number of benzene rings is 2. The van der Waals surface area contributed by atoms with Gasteiger partial charge in [-0.1, -0.05) is 19.9 Å². The standard InChI is InChI=1S/C22H23F2N3O5/c1-11(2)18(27-21(30)17-15(23)5-4-6-16(17)24)22(31)32-12(3)20(29)26-14-9-7-13(8-10-14)19(25)28/h4-12,18H,1-3H3,(H2,25,28)(H,26,29)(H,27,30)/t12-,18-/m0/s1. The summed E-state index contributed by atoms with van der Waals surface area (Å²) in [4.78, 5) is 48.3. The van der Waals surface area contributed by atoms with Crippen molar-refractivity contribution in [3.8, 4) is 0 Å². The Morgan fingerprint density at radius 2 is 1.50 bits per heavy atom. The van der Waals surface area contributed by atoms with Gasteiger partial charge in [0.25, 0.3) is 11.8 Å². The highest BCUT2D eigenvalue weighted by Gasteiger charge is 2.30. The third kappa shape index (κ3) is 6.10. The molecule has 0 radical (unpaired) electrons. The van der Waals surface area contributed by atoms with Gasteiger partial charge in [0.05, 0.1) is 0 Å². The number of amides is 3. The van der Waals surface area contributed by atoms with E-state index in [0.29, 0.717) is 5.69 Å². The summed E-state index contributed by atoms with van der Waals surface area (Å²) in [5, 5.41) is 4.76. The minimum Gasteiger partial charge on any atom is -0.451 e. The van der Waals surface area contributed by atoms with E-state index >= 15 is 0 Å². The zero-order valence-electron chi connectivity index (χ0n) is 17.6. The maximum atomic E-state index is 13.9. The van der Waals surface area contributed by atoms with Crippen LogP contribution in [0.5, 0.6) is 0 Å². The van der Waals surface area contributed by atoms with Crippen LogP contribution >= 0.6 is 0 Å². The molecule has 3 amide bonds. The molecule has 0 spiro atoms. The Hall–Kier alpha value is -3.82. The van der Waals surface area contributed by atoms with Gasteiger partial charge < -0.3 is 21.1 Å². The van der Waals surface area contributed by atoms with E-state index in [-0.39, 0.29) is 5.56 Å². The van der Waals surface area contributed by atoms with Crippen LogP contribution in [0.2, 0.25) is 0 Å². The van der Waals surface area contributed by atoms with Crippen molar-refractivity contribution < 1.29 is 32.7 Å². The number of hydrogen-bond acceptors (Lipinski definition) is 5. The number of nitrogens with two attached hydrogens (primary N) is 1. The molecule has 0 unspecified atom stereocenters. The van der Waals surface area contributed by atoms with Gasteiger partial charge in [-0.25, -0.2) is 13.6 Å². The molecule has 2 rings (SSSR count). The Balaban J connectivity index is 2.04. The number of esters is 1. The molecule has 32 heavy (non-hydrogen) atoms. The van der Waals surface area contributed by atoms with Crippen LogP contribution in [0.1, 0.15) is 41.5 Å². The summed E-state index contributed by atoms with van der Waals surface area (Å²) in [6.45, 7) is 4.50. The average molecular weight is 447 g/mol.